The molecule has 1 unspecified atom stereocenters. The minimum absolute atomic E-state index is 0.0960. The number of hydrogen-bond acceptors (Lipinski definition) is 4. The van der Waals surface area contributed by atoms with E-state index in [-0.39, 0.29) is 12.3 Å². The number of nitrogens with one attached hydrogen (secondary N) is 1. The molecule has 6 nitrogen and oxygen atoms in total. The van der Waals surface area contributed by atoms with Crippen molar-refractivity contribution >= 4 is 5.91 Å². The van der Waals surface area contributed by atoms with E-state index >= 15 is 0 Å². The fourth-order valence-electron chi connectivity index (χ4n) is 2.35. The second-order valence-corrected chi connectivity index (χ2v) is 5.70. The van der Waals surface area contributed by atoms with Crippen LogP contribution in [-0.2, 0) is 24.0 Å². The molecule has 2 N–H and O–H groups in total. The van der Waals surface area contributed by atoms with Crippen molar-refractivity contribution in [2.24, 2.45) is 7.05 Å². The van der Waals surface area contributed by atoms with Crippen LogP contribution in [-0.4, -0.2) is 33.4 Å². The summed E-state index contributed by atoms with van der Waals surface area (Å²) >= 11 is 0. The van der Waals surface area contributed by atoms with Crippen LogP contribution in [0.5, 0.6) is 5.75 Å². The molecule has 1 aromatic heterocycles. The molecule has 0 aliphatic heterocycles. The van der Waals surface area contributed by atoms with Gasteiger partial charge in [-0.25, -0.2) is 4.98 Å². The molecule has 2 aromatic rings. The van der Waals surface area contributed by atoms with Gasteiger partial charge in [0.1, 0.15) is 5.75 Å². The summed E-state index contributed by atoms with van der Waals surface area (Å²) in [5.74, 6) is -1.87. The lowest BCUT2D eigenvalue weighted by Crippen LogP contribution is -2.47. The van der Waals surface area contributed by atoms with E-state index in [1.54, 1.807) is 0 Å². The van der Waals surface area contributed by atoms with Crippen LogP contribution in [0.4, 0.5) is 22.0 Å². The van der Waals surface area contributed by atoms with Crippen molar-refractivity contribution in [3.63, 3.8) is 0 Å². The highest BCUT2D eigenvalue weighted by Gasteiger charge is 2.58. The highest BCUT2D eigenvalue weighted by atomic mass is 19.4. The predicted molar refractivity (Wildman–Crippen MR) is 82.7 cm³/mol. The van der Waals surface area contributed by atoms with Crippen molar-refractivity contribution in [1.82, 2.24) is 14.9 Å². The molecular weight excluding hydrogens is 377 g/mol. The number of alkyl halides is 5. The average molecular weight is 393 g/mol. The lowest BCUT2D eigenvalue weighted by atomic mass is 9.97. The third-order valence-electron chi connectivity index (χ3n) is 3.71. The molecule has 2 rings (SSSR count). The molecule has 0 spiro atoms. The van der Waals surface area contributed by atoms with Crippen LogP contribution in [0.15, 0.2) is 36.7 Å². The predicted octanol–water partition coefficient (Wildman–Crippen LogP) is 2.48. The molecule has 0 bridgehead atoms. The van der Waals surface area contributed by atoms with Crippen molar-refractivity contribution < 1.29 is 36.6 Å². The number of benzene rings is 1. The Balaban J connectivity index is 2.03. The van der Waals surface area contributed by atoms with Gasteiger partial charge in [-0.15, -0.1) is 0 Å². The first-order chi connectivity index (χ1) is 12.5. The molecule has 0 saturated heterocycles. The smallest absolute Gasteiger partial charge is 0.425 e. The Morgan fingerprint density at radius 3 is 2.41 bits per heavy atom. The zero-order chi connectivity index (χ0) is 20.2. The van der Waals surface area contributed by atoms with Crippen molar-refractivity contribution in [2.45, 2.75) is 31.4 Å². The lowest BCUT2D eigenvalue weighted by molar-refractivity contribution is -0.271. The number of carbonyl (C=O) groups is 1. The van der Waals surface area contributed by atoms with Gasteiger partial charge in [0, 0.05) is 26.0 Å². The monoisotopic (exact) mass is 393 g/mol. The maximum atomic E-state index is 13.4. The molecule has 0 aliphatic rings. The van der Waals surface area contributed by atoms with E-state index in [0.29, 0.717) is 5.56 Å². The Bertz CT molecular complexity index is 776. The average Bonchev–Trinajstić information content (AvgIpc) is 2.99. The minimum Gasteiger partial charge on any atom is -0.435 e. The number of imidazole rings is 1. The Morgan fingerprint density at radius 1 is 1.30 bits per heavy atom. The summed E-state index contributed by atoms with van der Waals surface area (Å²) in [6, 6.07) is 5.20. The SMILES string of the molecule is Cn1ccnc1C(O)(CC(=O)NCc1ccc(OC(F)F)cc1)C(F)(F)F. The third-order valence-corrected chi connectivity index (χ3v) is 3.71. The maximum Gasteiger partial charge on any atom is 0.425 e. The first kappa shape index (κ1) is 20.6. The Labute approximate surface area is 150 Å². The van der Waals surface area contributed by atoms with Gasteiger partial charge in [-0.2, -0.15) is 22.0 Å². The van der Waals surface area contributed by atoms with Gasteiger partial charge < -0.3 is 19.7 Å². The van der Waals surface area contributed by atoms with Gasteiger partial charge >= 0.3 is 12.8 Å². The molecule has 1 aromatic carbocycles. The van der Waals surface area contributed by atoms with Crippen LogP contribution in [0.2, 0.25) is 0 Å². The highest BCUT2D eigenvalue weighted by Crippen LogP contribution is 2.40. The number of aromatic nitrogens is 2. The van der Waals surface area contributed by atoms with E-state index in [1.165, 1.54) is 37.5 Å². The molecular formula is C16H16F5N3O3. The molecule has 1 heterocycles. The van der Waals surface area contributed by atoms with Crippen molar-refractivity contribution in [3.8, 4) is 5.75 Å². The quantitative estimate of drug-likeness (QED) is 0.709. The van der Waals surface area contributed by atoms with Gasteiger partial charge in [-0.05, 0) is 17.7 Å². The second-order valence-electron chi connectivity index (χ2n) is 5.70. The molecule has 0 radical (unpaired) electrons. The number of hydrogen-bond donors (Lipinski definition) is 2. The van der Waals surface area contributed by atoms with Crippen LogP contribution >= 0.6 is 0 Å². The summed E-state index contributed by atoms with van der Waals surface area (Å²) in [6.45, 7) is -3.15. The first-order valence-electron chi connectivity index (χ1n) is 7.60. The molecule has 0 aliphatic carbocycles. The van der Waals surface area contributed by atoms with Gasteiger partial charge in [0.2, 0.25) is 11.5 Å². The molecule has 11 heteroatoms. The number of carbonyl (C=O) groups excluding carboxylic acids is 1. The van der Waals surface area contributed by atoms with Crippen molar-refractivity contribution in [3.05, 3.63) is 48.0 Å². The summed E-state index contributed by atoms with van der Waals surface area (Å²) in [6.07, 6.45) is -4.12. The van der Waals surface area contributed by atoms with Crippen LogP contribution in [0.3, 0.4) is 0 Å². The molecule has 0 fully saturated rings. The summed E-state index contributed by atoms with van der Waals surface area (Å²) in [7, 11) is 1.26. The van der Waals surface area contributed by atoms with Crippen LogP contribution in [0.25, 0.3) is 0 Å². The molecule has 1 amide bonds. The molecule has 0 saturated carbocycles. The van der Waals surface area contributed by atoms with Gasteiger partial charge in [-0.3, -0.25) is 4.79 Å². The standard InChI is InChI=1S/C16H16F5N3O3/c1-24-7-6-22-13(24)15(26,16(19,20)21)8-12(25)23-9-10-2-4-11(5-3-10)27-14(17)18/h2-7,14,26H,8-9H2,1H3,(H,23,25). The lowest BCUT2D eigenvalue weighted by Gasteiger charge is -2.29. The Kier molecular flexibility index (Phi) is 6.04. The summed E-state index contributed by atoms with van der Waals surface area (Å²) in [5.41, 5.74) is -3.01. The van der Waals surface area contributed by atoms with E-state index in [0.717, 1.165) is 10.8 Å². The van der Waals surface area contributed by atoms with E-state index in [9.17, 15) is 31.9 Å². The summed E-state index contributed by atoms with van der Waals surface area (Å²) in [4.78, 5) is 15.5. The number of aryl methyl sites for hydroxylation is 1. The Morgan fingerprint density at radius 2 is 1.93 bits per heavy atom. The van der Waals surface area contributed by atoms with Gasteiger partial charge in [0.25, 0.3) is 0 Å². The number of amides is 1. The normalized spacial score (nSPS) is 14.1. The Hall–Kier alpha value is -2.69. The summed E-state index contributed by atoms with van der Waals surface area (Å²) in [5, 5.41) is 12.4. The number of ether oxygens (including phenoxy) is 1. The molecule has 27 heavy (non-hydrogen) atoms. The zero-order valence-electron chi connectivity index (χ0n) is 14.0. The van der Waals surface area contributed by atoms with Crippen molar-refractivity contribution in [1.29, 1.82) is 0 Å². The molecule has 1 atom stereocenters. The molecule has 148 valence electrons. The van der Waals surface area contributed by atoms with Crippen LogP contribution in [0, 0.1) is 0 Å². The number of halogens is 5. The number of aliphatic hydroxyl groups is 1. The first-order valence-corrected chi connectivity index (χ1v) is 7.60. The summed E-state index contributed by atoms with van der Waals surface area (Å²) < 4.78 is 69.4. The van der Waals surface area contributed by atoms with Crippen LogP contribution < -0.4 is 10.1 Å². The van der Waals surface area contributed by atoms with Gasteiger partial charge in [0.15, 0.2) is 5.82 Å². The number of nitrogens with zero attached hydrogens (tertiary/aromatic N) is 2. The van der Waals surface area contributed by atoms with E-state index in [1.807, 2.05) is 0 Å². The second kappa shape index (κ2) is 7.91. The van der Waals surface area contributed by atoms with Crippen molar-refractivity contribution in [2.75, 3.05) is 0 Å². The van der Waals surface area contributed by atoms with E-state index in [2.05, 4.69) is 15.0 Å². The maximum absolute atomic E-state index is 13.4. The van der Waals surface area contributed by atoms with E-state index < -0.39 is 36.5 Å². The third kappa shape index (κ3) is 4.94. The van der Waals surface area contributed by atoms with Crippen LogP contribution in [0.1, 0.15) is 17.8 Å². The highest BCUT2D eigenvalue weighted by molar-refractivity contribution is 5.77. The van der Waals surface area contributed by atoms with Gasteiger partial charge in [-0.1, -0.05) is 12.1 Å². The topological polar surface area (TPSA) is 76.4 Å². The largest absolute Gasteiger partial charge is 0.435 e. The van der Waals surface area contributed by atoms with Gasteiger partial charge in [0.05, 0.1) is 6.42 Å². The minimum atomic E-state index is -5.13. The van der Waals surface area contributed by atoms with E-state index in [4.69, 9.17) is 0 Å². The zero-order valence-corrected chi connectivity index (χ0v) is 14.0. The fourth-order valence-corrected chi connectivity index (χ4v) is 2.35. The number of rotatable bonds is 7. The fraction of sp³-hybridized carbons (Fsp3) is 0.375.